The minimum atomic E-state index is 0.376. The number of hydrogen-bond donors (Lipinski definition) is 2. The lowest BCUT2D eigenvalue weighted by Crippen LogP contribution is -2.39. The molecule has 1 heterocycles. The molecule has 1 aliphatic rings. The van der Waals surface area contributed by atoms with Crippen molar-refractivity contribution >= 4 is 5.96 Å². The minimum absolute atomic E-state index is 0.376. The third-order valence-corrected chi connectivity index (χ3v) is 5.34. The number of ether oxygens (including phenoxy) is 1. The van der Waals surface area contributed by atoms with Gasteiger partial charge in [-0.15, -0.1) is 0 Å². The summed E-state index contributed by atoms with van der Waals surface area (Å²) in [5.74, 6) is 1.57. The number of hydrogen-bond acceptors (Lipinski definition) is 3. The van der Waals surface area contributed by atoms with Gasteiger partial charge in [0.15, 0.2) is 5.96 Å². The number of aliphatic imine (C=N–C) groups is 1. The molecule has 0 spiro atoms. The Hall–Kier alpha value is -1.56. The van der Waals surface area contributed by atoms with Crippen LogP contribution in [0.2, 0.25) is 0 Å². The van der Waals surface area contributed by atoms with Crippen LogP contribution in [0.1, 0.15) is 56.0 Å². The lowest BCUT2D eigenvalue weighted by atomic mass is 9.98. The van der Waals surface area contributed by atoms with Crippen molar-refractivity contribution in [1.82, 2.24) is 20.4 Å². The summed E-state index contributed by atoms with van der Waals surface area (Å²) in [7, 11) is 3.80. The molecule has 142 valence electrons. The molecule has 0 saturated heterocycles. The third-order valence-electron chi connectivity index (χ3n) is 5.34. The number of nitrogens with one attached hydrogen (secondary N) is 2. The molecular formula is C19H35N5O. The van der Waals surface area contributed by atoms with E-state index in [1.807, 2.05) is 18.8 Å². The quantitative estimate of drug-likeness (QED) is 0.559. The lowest BCUT2D eigenvalue weighted by Gasteiger charge is -2.24. The predicted octanol–water partition coefficient (Wildman–Crippen LogP) is 2.69. The Morgan fingerprint density at radius 1 is 1.32 bits per heavy atom. The van der Waals surface area contributed by atoms with Gasteiger partial charge in [-0.2, -0.15) is 5.10 Å². The van der Waals surface area contributed by atoms with Crippen LogP contribution in [0.5, 0.6) is 0 Å². The molecule has 1 atom stereocenters. The number of nitrogens with zero attached hydrogens (tertiary/aromatic N) is 3. The standard InChI is InChI=1S/C19H35N5O/c1-6-25-18(16-9-7-8-10-16)11-12-21-19(20-4)22-13-17-14(2)23-24(5)15(17)3/h16,18H,6-13H2,1-5H3,(H2,20,21,22). The molecule has 0 aliphatic heterocycles. The summed E-state index contributed by atoms with van der Waals surface area (Å²) in [6.07, 6.45) is 6.75. The Morgan fingerprint density at radius 3 is 2.60 bits per heavy atom. The molecule has 0 aromatic carbocycles. The summed E-state index contributed by atoms with van der Waals surface area (Å²) in [6.45, 7) is 8.66. The van der Waals surface area contributed by atoms with Crippen LogP contribution in [0, 0.1) is 19.8 Å². The highest BCUT2D eigenvalue weighted by molar-refractivity contribution is 5.79. The predicted molar refractivity (Wildman–Crippen MR) is 103 cm³/mol. The molecule has 0 radical (unpaired) electrons. The molecule has 0 amide bonds. The Labute approximate surface area is 152 Å². The van der Waals surface area contributed by atoms with E-state index in [0.717, 1.165) is 43.7 Å². The smallest absolute Gasteiger partial charge is 0.191 e. The average molecular weight is 350 g/mol. The van der Waals surface area contributed by atoms with E-state index in [0.29, 0.717) is 6.10 Å². The van der Waals surface area contributed by atoms with Crippen LogP contribution < -0.4 is 10.6 Å². The van der Waals surface area contributed by atoms with Gasteiger partial charge < -0.3 is 15.4 Å². The number of aromatic nitrogens is 2. The fraction of sp³-hybridized carbons (Fsp3) is 0.789. The molecule has 1 fully saturated rings. The van der Waals surface area contributed by atoms with Crippen LogP contribution in [0.4, 0.5) is 0 Å². The fourth-order valence-electron chi connectivity index (χ4n) is 3.80. The second-order valence-corrected chi connectivity index (χ2v) is 6.95. The Balaban J connectivity index is 1.79. The van der Waals surface area contributed by atoms with Crippen molar-refractivity contribution in [1.29, 1.82) is 0 Å². The largest absolute Gasteiger partial charge is 0.378 e. The molecule has 1 unspecified atom stereocenters. The monoisotopic (exact) mass is 349 g/mol. The molecule has 1 aromatic rings. The van der Waals surface area contributed by atoms with E-state index in [1.54, 1.807) is 0 Å². The van der Waals surface area contributed by atoms with Crippen molar-refractivity contribution in [2.24, 2.45) is 18.0 Å². The summed E-state index contributed by atoms with van der Waals surface area (Å²) in [4.78, 5) is 4.34. The normalized spacial score (nSPS) is 17.1. The molecular weight excluding hydrogens is 314 g/mol. The SMILES string of the molecule is CCOC(CCNC(=NC)NCc1c(C)nn(C)c1C)C1CCCC1. The summed E-state index contributed by atoms with van der Waals surface area (Å²) in [5, 5.41) is 11.3. The van der Waals surface area contributed by atoms with E-state index >= 15 is 0 Å². The van der Waals surface area contributed by atoms with E-state index in [9.17, 15) is 0 Å². The molecule has 25 heavy (non-hydrogen) atoms. The third kappa shape index (κ3) is 5.46. The summed E-state index contributed by atoms with van der Waals surface area (Å²) >= 11 is 0. The fourth-order valence-corrected chi connectivity index (χ4v) is 3.80. The van der Waals surface area contributed by atoms with Crippen LogP contribution in [0.3, 0.4) is 0 Å². The van der Waals surface area contributed by atoms with Gasteiger partial charge in [-0.1, -0.05) is 12.8 Å². The van der Waals surface area contributed by atoms with Gasteiger partial charge in [-0.3, -0.25) is 9.67 Å². The first kappa shape index (κ1) is 19.8. The van der Waals surface area contributed by atoms with E-state index in [2.05, 4.69) is 41.5 Å². The van der Waals surface area contributed by atoms with Crippen molar-refractivity contribution in [2.75, 3.05) is 20.2 Å². The van der Waals surface area contributed by atoms with E-state index in [-0.39, 0.29) is 0 Å². The Bertz CT molecular complexity index is 560. The van der Waals surface area contributed by atoms with Crippen LogP contribution in [0.15, 0.2) is 4.99 Å². The van der Waals surface area contributed by atoms with E-state index in [4.69, 9.17) is 4.74 Å². The van der Waals surface area contributed by atoms with Crippen molar-refractivity contribution in [3.8, 4) is 0 Å². The van der Waals surface area contributed by atoms with Gasteiger partial charge in [-0.05, 0) is 46.0 Å². The first-order valence-electron chi connectivity index (χ1n) is 9.62. The number of rotatable bonds is 8. The molecule has 1 aliphatic carbocycles. The van der Waals surface area contributed by atoms with Crippen LogP contribution in [-0.2, 0) is 18.3 Å². The van der Waals surface area contributed by atoms with E-state index < -0.39 is 0 Å². The first-order chi connectivity index (χ1) is 12.1. The van der Waals surface area contributed by atoms with Gasteiger partial charge in [0.1, 0.15) is 0 Å². The van der Waals surface area contributed by atoms with Crippen molar-refractivity contribution in [3.05, 3.63) is 17.0 Å². The number of guanidine groups is 1. The highest BCUT2D eigenvalue weighted by atomic mass is 16.5. The van der Waals surface area contributed by atoms with Gasteiger partial charge in [0.25, 0.3) is 0 Å². The lowest BCUT2D eigenvalue weighted by molar-refractivity contribution is 0.0169. The number of aryl methyl sites for hydroxylation is 2. The van der Waals surface area contributed by atoms with Gasteiger partial charge in [-0.25, -0.2) is 0 Å². The van der Waals surface area contributed by atoms with Gasteiger partial charge in [0.05, 0.1) is 11.8 Å². The van der Waals surface area contributed by atoms with Crippen LogP contribution in [0.25, 0.3) is 0 Å². The second-order valence-electron chi connectivity index (χ2n) is 6.95. The molecule has 2 N–H and O–H groups in total. The Kier molecular flexibility index (Phi) is 7.75. The van der Waals surface area contributed by atoms with Gasteiger partial charge in [0, 0.05) is 45.0 Å². The Morgan fingerprint density at radius 2 is 2.04 bits per heavy atom. The zero-order valence-electron chi connectivity index (χ0n) is 16.6. The zero-order valence-corrected chi connectivity index (χ0v) is 16.6. The van der Waals surface area contributed by atoms with Gasteiger partial charge in [0.2, 0.25) is 0 Å². The van der Waals surface area contributed by atoms with Crippen molar-refractivity contribution in [3.63, 3.8) is 0 Å². The molecule has 1 aromatic heterocycles. The zero-order chi connectivity index (χ0) is 18.2. The minimum Gasteiger partial charge on any atom is -0.378 e. The van der Waals surface area contributed by atoms with Gasteiger partial charge >= 0.3 is 0 Å². The summed E-state index contributed by atoms with van der Waals surface area (Å²) in [6, 6.07) is 0. The summed E-state index contributed by atoms with van der Waals surface area (Å²) in [5.41, 5.74) is 3.50. The molecule has 1 saturated carbocycles. The molecule has 6 heteroatoms. The molecule has 0 bridgehead atoms. The maximum Gasteiger partial charge on any atom is 0.191 e. The average Bonchev–Trinajstić information content (AvgIpc) is 3.20. The maximum absolute atomic E-state index is 5.99. The molecule has 2 rings (SSSR count). The van der Waals surface area contributed by atoms with Crippen molar-refractivity contribution in [2.45, 2.75) is 65.5 Å². The van der Waals surface area contributed by atoms with E-state index in [1.165, 1.54) is 36.9 Å². The topological polar surface area (TPSA) is 63.5 Å². The maximum atomic E-state index is 5.99. The second kappa shape index (κ2) is 9.80. The molecule has 6 nitrogen and oxygen atoms in total. The first-order valence-corrected chi connectivity index (χ1v) is 9.62. The summed E-state index contributed by atoms with van der Waals surface area (Å²) < 4.78 is 7.92. The highest BCUT2D eigenvalue weighted by Gasteiger charge is 2.25. The van der Waals surface area contributed by atoms with Crippen LogP contribution in [-0.4, -0.2) is 42.0 Å². The van der Waals surface area contributed by atoms with Crippen LogP contribution >= 0.6 is 0 Å². The highest BCUT2D eigenvalue weighted by Crippen LogP contribution is 2.30. The van der Waals surface area contributed by atoms with Crippen molar-refractivity contribution < 1.29 is 4.74 Å².